The number of amides is 4. The number of carbonyl (C=O) groups excluding carboxylic acids is 4. The Morgan fingerprint density at radius 1 is 1.21 bits per heavy atom. The molecule has 0 saturated heterocycles. The number of thiophene rings is 1. The minimum Gasteiger partial charge on any atom is -0.467 e. The highest BCUT2D eigenvalue weighted by molar-refractivity contribution is 7.18. The van der Waals surface area contributed by atoms with Gasteiger partial charge in [-0.25, -0.2) is 9.59 Å². The Hall–Kier alpha value is -3.14. The molecule has 2 rings (SSSR count). The minimum absolute atomic E-state index is 0.114. The first kappa shape index (κ1) is 22.2. The highest BCUT2D eigenvalue weighted by atomic mass is 32.1. The fourth-order valence-electron chi connectivity index (χ4n) is 2.03. The lowest BCUT2D eigenvalue weighted by atomic mass is 9.96. The van der Waals surface area contributed by atoms with Crippen LogP contribution in [-0.4, -0.2) is 30.4 Å². The number of rotatable bonds is 6. The SMILES string of the molecule is Cc1cc(NC(=O)C(C)(C)C)sc1C(=O)OCC(=O)NC(=O)NCc1ccco1. The number of imide groups is 1. The van der Waals surface area contributed by atoms with Crippen LogP contribution in [0.15, 0.2) is 28.9 Å². The smallest absolute Gasteiger partial charge is 0.349 e. The summed E-state index contributed by atoms with van der Waals surface area (Å²) in [6.07, 6.45) is 1.46. The highest BCUT2D eigenvalue weighted by Crippen LogP contribution is 2.29. The number of hydrogen-bond acceptors (Lipinski definition) is 7. The second kappa shape index (κ2) is 9.37. The van der Waals surface area contributed by atoms with E-state index < -0.39 is 29.9 Å². The molecule has 4 amide bonds. The number of ether oxygens (including phenoxy) is 1. The van der Waals surface area contributed by atoms with E-state index in [4.69, 9.17) is 9.15 Å². The number of carbonyl (C=O) groups is 4. The summed E-state index contributed by atoms with van der Waals surface area (Å²) in [6, 6.07) is 4.27. The number of hydrogen-bond donors (Lipinski definition) is 3. The number of nitrogens with one attached hydrogen (secondary N) is 3. The molecule has 2 aromatic heterocycles. The normalized spacial score (nSPS) is 10.9. The van der Waals surface area contributed by atoms with Crippen LogP contribution in [0.2, 0.25) is 0 Å². The molecule has 3 N–H and O–H groups in total. The molecule has 0 bridgehead atoms. The van der Waals surface area contributed by atoms with Gasteiger partial charge in [0.15, 0.2) is 6.61 Å². The molecular formula is C19H23N3O6S. The summed E-state index contributed by atoms with van der Waals surface area (Å²) in [4.78, 5) is 47.9. The van der Waals surface area contributed by atoms with Crippen LogP contribution in [0.25, 0.3) is 0 Å². The van der Waals surface area contributed by atoms with Crippen LogP contribution in [0.1, 0.15) is 41.8 Å². The monoisotopic (exact) mass is 421 g/mol. The maximum absolute atomic E-state index is 12.2. The number of aryl methyl sites for hydroxylation is 1. The molecule has 0 aliphatic heterocycles. The summed E-state index contributed by atoms with van der Waals surface area (Å²) in [6.45, 7) is 6.53. The lowest BCUT2D eigenvalue weighted by Gasteiger charge is -2.16. The standard InChI is InChI=1S/C19H23N3O6S/c1-11-8-14(22-17(25)19(2,3)4)29-15(11)16(24)28-10-13(23)21-18(26)20-9-12-6-5-7-27-12/h5-8H,9-10H2,1-4H3,(H,22,25)(H2,20,21,23,26). The molecule has 0 fully saturated rings. The predicted molar refractivity (Wildman–Crippen MR) is 107 cm³/mol. The summed E-state index contributed by atoms with van der Waals surface area (Å²) >= 11 is 1.06. The van der Waals surface area contributed by atoms with Gasteiger partial charge in [-0.15, -0.1) is 11.3 Å². The third kappa shape index (κ3) is 6.75. The van der Waals surface area contributed by atoms with E-state index in [1.54, 1.807) is 45.9 Å². The van der Waals surface area contributed by atoms with E-state index in [-0.39, 0.29) is 17.3 Å². The summed E-state index contributed by atoms with van der Waals surface area (Å²) in [5, 5.41) is 7.74. The third-order valence-electron chi connectivity index (χ3n) is 3.61. The van der Waals surface area contributed by atoms with Crippen LogP contribution in [0.3, 0.4) is 0 Å². The van der Waals surface area contributed by atoms with E-state index in [0.29, 0.717) is 16.3 Å². The molecular weight excluding hydrogens is 398 g/mol. The topological polar surface area (TPSA) is 127 Å². The van der Waals surface area contributed by atoms with E-state index in [9.17, 15) is 19.2 Å². The quantitative estimate of drug-likeness (QED) is 0.616. The van der Waals surface area contributed by atoms with E-state index in [1.807, 2.05) is 0 Å². The first-order valence-electron chi connectivity index (χ1n) is 8.75. The summed E-state index contributed by atoms with van der Waals surface area (Å²) in [7, 11) is 0. The Kier molecular flexibility index (Phi) is 7.16. The van der Waals surface area contributed by atoms with Gasteiger partial charge in [0.25, 0.3) is 5.91 Å². The van der Waals surface area contributed by atoms with Crippen molar-refractivity contribution in [1.82, 2.24) is 10.6 Å². The summed E-state index contributed by atoms with van der Waals surface area (Å²) < 4.78 is 10.0. The van der Waals surface area contributed by atoms with Crippen molar-refractivity contribution in [2.75, 3.05) is 11.9 Å². The molecule has 0 aliphatic carbocycles. The average molecular weight is 421 g/mol. The molecule has 156 valence electrons. The zero-order valence-corrected chi connectivity index (χ0v) is 17.4. The van der Waals surface area contributed by atoms with Crippen LogP contribution >= 0.6 is 11.3 Å². The maximum atomic E-state index is 12.2. The van der Waals surface area contributed by atoms with E-state index >= 15 is 0 Å². The van der Waals surface area contributed by atoms with E-state index in [2.05, 4.69) is 16.0 Å². The van der Waals surface area contributed by atoms with Gasteiger partial charge in [-0.3, -0.25) is 14.9 Å². The molecule has 0 atom stereocenters. The third-order valence-corrected chi connectivity index (χ3v) is 4.74. The fourth-order valence-corrected chi connectivity index (χ4v) is 2.99. The van der Waals surface area contributed by atoms with Gasteiger partial charge in [0.05, 0.1) is 17.8 Å². The van der Waals surface area contributed by atoms with Gasteiger partial charge < -0.3 is 19.8 Å². The van der Waals surface area contributed by atoms with Crippen molar-refractivity contribution in [2.45, 2.75) is 34.2 Å². The van der Waals surface area contributed by atoms with Gasteiger partial charge in [0, 0.05) is 5.41 Å². The molecule has 0 saturated carbocycles. The molecule has 0 spiro atoms. The van der Waals surface area contributed by atoms with Crippen LogP contribution in [0, 0.1) is 12.3 Å². The van der Waals surface area contributed by atoms with Crippen molar-refractivity contribution in [3.8, 4) is 0 Å². The van der Waals surface area contributed by atoms with Crippen LogP contribution < -0.4 is 16.0 Å². The minimum atomic E-state index is -0.772. The van der Waals surface area contributed by atoms with E-state index in [0.717, 1.165) is 11.3 Å². The zero-order valence-electron chi connectivity index (χ0n) is 16.6. The van der Waals surface area contributed by atoms with Gasteiger partial charge in [-0.1, -0.05) is 20.8 Å². The molecule has 0 aliphatic rings. The molecule has 9 nitrogen and oxygen atoms in total. The molecule has 29 heavy (non-hydrogen) atoms. The zero-order chi connectivity index (χ0) is 21.6. The first-order valence-corrected chi connectivity index (χ1v) is 9.57. The molecule has 0 aromatic carbocycles. The van der Waals surface area contributed by atoms with Crippen molar-refractivity contribution >= 4 is 40.2 Å². The van der Waals surface area contributed by atoms with Gasteiger partial charge in [0.2, 0.25) is 5.91 Å². The first-order chi connectivity index (χ1) is 13.6. The number of esters is 1. The molecule has 2 heterocycles. The number of urea groups is 1. The van der Waals surface area contributed by atoms with Crippen LogP contribution in [0.5, 0.6) is 0 Å². The second-order valence-electron chi connectivity index (χ2n) is 7.21. The lowest BCUT2D eigenvalue weighted by molar-refractivity contribution is -0.123. The largest absolute Gasteiger partial charge is 0.467 e. The van der Waals surface area contributed by atoms with Crippen LogP contribution in [-0.2, 0) is 20.9 Å². The second-order valence-corrected chi connectivity index (χ2v) is 8.27. The average Bonchev–Trinajstić information content (AvgIpc) is 3.26. The molecule has 10 heteroatoms. The number of furan rings is 1. The van der Waals surface area contributed by atoms with Crippen molar-refractivity contribution in [3.63, 3.8) is 0 Å². The number of anilines is 1. The van der Waals surface area contributed by atoms with Crippen molar-refractivity contribution in [1.29, 1.82) is 0 Å². The Morgan fingerprint density at radius 2 is 1.93 bits per heavy atom. The summed E-state index contributed by atoms with van der Waals surface area (Å²) in [5.74, 6) is -1.14. The Labute approximate surface area is 171 Å². The maximum Gasteiger partial charge on any atom is 0.349 e. The molecule has 0 unspecified atom stereocenters. The van der Waals surface area contributed by atoms with Crippen LogP contribution in [0.4, 0.5) is 9.80 Å². The van der Waals surface area contributed by atoms with Crippen molar-refractivity contribution < 1.29 is 28.3 Å². The van der Waals surface area contributed by atoms with E-state index in [1.165, 1.54) is 6.26 Å². The Bertz CT molecular complexity index is 896. The molecule has 2 aromatic rings. The Balaban J connectivity index is 1.81. The van der Waals surface area contributed by atoms with Gasteiger partial charge >= 0.3 is 12.0 Å². The highest BCUT2D eigenvalue weighted by Gasteiger charge is 2.23. The predicted octanol–water partition coefficient (Wildman–Crippen LogP) is 2.82. The van der Waals surface area contributed by atoms with Gasteiger partial charge in [-0.05, 0) is 30.7 Å². The summed E-state index contributed by atoms with van der Waals surface area (Å²) in [5.41, 5.74) is 0.0366. The lowest BCUT2D eigenvalue weighted by Crippen LogP contribution is -2.41. The Morgan fingerprint density at radius 3 is 2.55 bits per heavy atom. The fraction of sp³-hybridized carbons (Fsp3) is 0.368. The van der Waals surface area contributed by atoms with Gasteiger partial charge in [-0.2, -0.15) is 0 Å². The van der Waals surface area contributed by atoms with Gasteiger partial charge in [0.1, 0.15) is 10.6 Å². The van der Waals surface area contributed by atoms with Crippen molar-refractivity contribution in [3.05, 3.63) is 40.7 Å². The van der Waals surface area contributed by atoms with Crippen molar-refractivity contribution in [2.24, 2.45) is 5.41 Å². The molecule has 0 radical (unpaired) electrons.